The summed E-state index contributed by atoms with van der Waals surface area (Å²) in [6, 6.07) is 1.07. The maximum atomic E-state index is 4.24. The number of allylic oxidation sites excluding steroid dienone is 3. The average molecular weight is 317 g/mol. The molecule has 58 valence electrons. The zero-order valence-electron chi connectivity index (χ0n) is 6.06. The Morgan fingerprint density at radius 2 is 2.10 bits per heavy atom. The second-order valence-electron chi connectivity index (χ2n) is 2.11. The molecule has 0 aromatic carbocycles. The van der Waals surface area contributed by atoms with Crippen LogP contribution in [0.5, 0.6) is 0 Å². The molecule has 1 rings (SSSR count). The van der Waals surface area contributed by atoms with Gasteiger partial charge in [-0.2, -0.15) is 12.2 Å². The molecule has 0 atom stereocenters. The molecule has 1 nitrogen and oxygen atoms in total. The van der Waals surface area contributed by atoms with Gasteiger partial charge in [0.1, 0.15) is 0 Å². The smallest absolute Gasteiger partial charge is 0.384 e. The number of hydrogen-bond donors (Lipinski definition) is 0. The summed E-state index contributed by atoms with van der Waals surface area (Å²) in [4.78, 5) is 4.24. The SMILES string of the molecule is CC1=N[C-](C)C=CC=C1.[Au+]. The third-order valence-corrected chi connectivity index (χ3v) is 1.14. The zero-order chi connectivity index (χ0) is 6.69. The van der Waals surface area contributed by atoms with Crippen molar-refractivity contribution in [1.29, 1.82) is 0 Å². The number of rotatable bonds is 0. The summed E-state index contributed by atoms with van der Waals surface area (Å²) < 4.78 is 0. The van der Waals surface area contributed by atoms with Crippen LogP contribution in [-0.2, 0) is 22.4 Å². The molecule has 0 spiro atoms. The van der Waals surface area contributed by atoms with Crippen molar-refractivity contribution in [3.63, 3.8) is 0 Å². The molecule has 1 heterocycles. The van der Waals surface area contributed by atoms with Gasteiger partial charge in [-0.3, -0.25) is 0 Å². The van der Waals surface area contributed by atoms with Gasteiger partial charge in [0.05, 0.1) is 0 Å². The minimum atomic E-state index is 0. The third kappa shape index (κ3) is 3.06. The van der Waals surface area contributed by atoms with E-state index in [1.54, 1.807) is 0 Å². The molecular weight excluding hydrogens is 307 g/mol. The van der Waals surface area contributed by atoms with Crippen LogP contribution in [0, 0.1) is 6.04 Å². The van der Waals surface area contributed by atoms with Crippen molar-refractivity contribution in [3.05, 3.63) is 30.3 Å². The molecule has 0 saturated carbocycles. The van der Waals surface area contributed by atoms with Crippen LogP contribution in [0.2, 0.25) is 0 Å². The summed E-state index contributed by atoms with van der Waals surface area (Å²) >= 11 is 0. The Labute approximate surface area is 77.4 Å². The number of aliphatic imine (C=N–C) groups is 1. The Hall–Kier alpha value is -0.240. The van der Waals surface area contributed by atoms with Crippen LogP contribution in [0.1, 0.15) is 13.8 Å². The Bertz CT molecular complexity index is 180. The van der Waals surface area contributed by atoms with Crippen molar-refractivity contribution in [3.8, 4) is 0 Å². The average Bonchev–Trinajstić information content (AvgIpc) is 1.93. The minimum absolute atomic E-state index is 0. The molecule has 0 fully saturated rings. The van der Waals surface area contributed by atoms with E-state index in [0.717, 1.165) is 11.8 Å². The van der Waals surface area contributed by atoms with Crippen molar-refractivity contribution in [2.75, 3.05) is 0 Å². The second-order valence-corrected chi connectivity index (χ2v) is 2.11. The Balaban J connectivity index is 0.000000810. The van der Waals surface area contributed by atoms with E-state index in [9.17, 15) is 0 Å². The fourth-order valence-corrected chi connectivity index (χ4v) is 0.742. The van der Waals surface area contributed by atoms with Gasteiger partial charge >= 0.3 is 22.4 Å². The van der Waals surface area contributed by atoms with Crippen molar-refractivity contribution >= 4 is 5.71 Å². The van der Waals surface area contributed by atoms with E-state index in [-0.39, 0.29) is 22.4 Å². The monoisotopic (exact) mass is 317 g/mol. The summed E-state index contributed by atoms with van der Waals surface area (Å²) in [6.07, 6.45) is 7.98. The largest absolute Gasteiger partial charge is 1.00 e. The van der Waals surface area contributed by atoms with Gasteiger partial charge in [0, 0.05) is 0 Å². The maximum absolute atomic E-state index is 4.24. The molecule has 0 saturated heterocycles. The molecule has 0 aromatic rings. The normalized spacial score (nSPS) is 15.8. The van der Waals surface area contributed by atoms with Gasteiger partial charge < -0.3 is 4.99 Å². The molecule has 2 heteroatoms. The minimum Gasteiger partial charge on any atom is -0.384 e. The van der Waals surface area contributed by atoms with Crippen LogP contribution in [0.25, 0.3) is 0 Å². The van der Waals surface area contributed by atoms with Crippen LogP contribution >= 0.6 is 0 Å². The van der Waals surface area contributed by atoms with Gasteiger partial charge in [-0.15, -0.1) is 12.2 Å². The second kappa shape index (κ2) is 4.56. The number of nitrogens with zero attached hydrogens (tertiary/aromatic N) is 1. The molecule has 0 aromatic heterocycles. The van der Waals surface area contributed by atoms with Crippen LogP contribution in [0.4, 0.5) is 0 Å². The first-order chi connectivity index (χ1) is 4.29. The van der Waals surface area contributed by atoms with Gasteiger partial charge in [-0.25, -0.2) is 0 Å². The van der Waals surface area contributed by atoms with Crippen molar-refractivity contribution in [2.45, 2.75) is 13.8 Å². The molecule has 10 heavy (non-hydrogen) atoms. The van der Waals surface area contributed by atoms with Gasteiger partial charge in [0.25, 0.3) is 0 Å². The third-order valence-electron chi connectivity index (χ3n) is 1.14. The molecule has 1 aliphatic rings. The maximum Gasteiger partial charge on any atom is 1.00 e. The Kier molecular flexibility index (Phi) is 4.45. The quantitative estimate of drug-likeness (QED) is 0.479. The summed E-state index contributed by atoms with van der Waals surface area (Å²) in [5.74, 6) is 0. The molecule has 0 amide bonds. The van der Waals surface area contributed by atoms with Crippen molar-refractivity contribution in [2.24, 2.45) is 4.99 Å². The topological polar surface area (TPSA) is 12.4 Å². The Morgan fingerprint density at radius 1 is 1.40 bits per heavy atom. The van der Waals surface area contributed by atoms with Crippen molar-refractivity contribution in [1.82, 2.24) is 0 Å². The summed E-state index contributed by atoms with van der Waals surface area (Å²) in [5, 5.41) is 0. The molecule has 0 aliphatic carbocycles. The van der Waals surface area contributed by atoms with Crippen LogP contribution in [0.3, 0.4) is 0 Å². The first-order valence-corrected chi connectivity index (χ1v) is 3.02. The van der Waals surface area contributed by atoms with Crippen LogP contribution in [0.15, 0.2) is 29.3 Å². The first kappa shape index (κ1) is 9.76. The zero-order valence-corrected chi connectivity index (χ0v) is 8.22. The molecule has 0 N–H and O–H groups in total. The van der Waals surface area contributed by atoms with E-state index < -0.39 is 0 Å². The van der Waals surface area contributed by atoms with Gasteiger partial charge in [-0.05, 0) is 0 Å². The first-order valence-electron chi connectivity index (χ1n) is 3.02. The predicted octanol–water partition coefficient (Wildman–Crippen LogP) is 2.12. The predicted molar refractivity (Wildman–Crippen MR) is 40.3 cm³/mol. The summed E-state index contributed by atoms with van der Waals surface area (Å²) in [5.41, 5.74) is 1.07. The van der Waals surface area contributed by atoms with E-state index in [0.29, 0.717) is 0 Å². The molecule has 0 unspecified atom stereocenters. The van der Waals surface area contributed by atoms with Crippen LogP contribution in [-0.4, -0.2) is 5.71 Å². The molecular formula is C8H10AuN. The fourth-order valence-electron chi connectivity index (χ4n) is 0.742. The summed E-state index contributed by atoms with van der Waals surface area (Å²) in [6.45, 7) is 3.99. The van der Waals surface area contributed by atoms with E-state index in [1.807, 2.05) is 38.2 Å². The molecule has 0 bridgehead atoms. The molecule has 0 radical (unpaired) electrons. The van der Waals surface area contributed by atoms with E-state index in [4.69, 9.17) is 0 Å². The van der Waals surface area contributed by atoms with Gasteiger partial charge in [-0.1, -0.05) is 25.6 Å². The van der Waals surface area contributed by atoms with Crippen LogP contribution < -0.4 is 0 Å². The number of hydrogen-bond acceptors (Lipinski definition) is 1. The Morgan fingerprint density at radius 3 is 2.80 bits per heavy atom. The van der Waals surface area contributed by atoms with Crippen molar-refractivity contribution < 1.29 is 22.4 Å². The van der Waals surface area contributed by atoms with E-state index in [2.05, 4.69) is 4.99 Å². The van der Waals surface area contributed by atoms with Gasteiger partial charge in [0.15, 0.2) is 0 Å². The fraction of sp³-hybridized carbons (Fsp3) is 0.250. The van der Waals surface area contributed by atoms with E-state index in [1.165, 1.54) is 0 Å². The molecule has 1 aliphatic heterocycles. The van der Waals surface area contributed by atoms with E-state index >= 15 is 0 Å². The summed E-state index contributed by atoms with van der Waals surface area (Å²) in [7, 11) is 0. The standard InChI is InChI=1S/C8H10N.Au/c1-7-5-3-4-6-8(2)9-7;/h3-6H,1-2H3;/q-1;+1. The van der Waals surface area contributed by atoms with Gasteiger partial charge in [0.2, 0.25) is 0 Å².